The quantitative estimate of drug-likeness (QED) is 0.118. The number of amides is 2. The molecule has 1 heterocycles. The lowest BCUT2D eigenvalue weighted by molar-refractivity contribution is -0.132. The second kappa shape index (κ2) is 14.1. The van der Waals surface area contributed by atoms with Crippen LogP contribution in [0.5, 0.6) is 17.2 Å². The molecule has 0 spiro atoms. The van der Waals surface area contributed by atoms with Crippen LogP contribution in [-0.4, -0.2) is 65.9 Å². The number of hydrogen-bond donors (Lipinski definition) is 1. The Hall–Kier alpha value is -5.28. The van der Waals surface area contributed by atoms with Gasteiger partial charge in [0.1, 0.15) is 36.2 Å². The number of carbonyl (C=O) groups excluding carboxylic acids is 4. The van der Waals surface area contributed by atoms with E-state index in [1.54, 1.807) is 12.1 Å². The fraction of sp³-hybridized carbons (Fsp3) is 0.300. The first-order chi connectivity index (χ1) is 23.9. The Morgan fingerprint density at radius 2 is 1.39 bits per heavy atom. The van der Waals surface area contributed by atoms with Gasteiger partial charge in [-0.3, -0.25) is 24.1 Å². The second-order valence-corrected chi connectivity index (χ2v) is 12.7. The van der Waals surface area contributed by atoms with E-state index in [0.29, 0.717) is 37.2 Å². The highest BCUT2D eigenvalue weighted by molar-refractivity contribution is 6.23. The average Bonchev–Trinajstić information content (AvgIpc) is 3.36. The van der Waals surface area contributed by atoms with Gasteiger partial charge < -0.3 is 19.3 Å². The van der Waals surface area contributed by atoms with E-state index in [-0.39, 0.29) is 48.7 Å². The van der Waals surface area contributed by atoms with Gasteiger partial charge in [0, 0.05) is 12.3 Å². The molecule has 1 N–H and O–H groups in total. The number of carbonyl (C=O) groups is 4. The van der Waals surface area contributed by atoms with Crippen LogP contribution >= 0.6 is 0 Å². The lowest BCUT2D eigenvalue weighted by Crippen LogP contribution is -2.47. The lowest BCUT2D eigenvalue weighted by Gasteiger charge is -2.34. The molecule has 4 aromatic carbocycles. The zero-order valence-electron chi connectivity index (χ0n) is 27.0. The highest BCUT2D eigenvalue weighted by atomic mass is 16.5. The Morgan fingerprint density at radius 3 is 2.14 bits per heavy atom. The van der Waals surface area contributed by atoms with E-state index in [0.717, 1.165) is 23.5 Å². The third-order valence-corrected chi connectivity index (χ3v) is 9.69. The molecule has 0 saturated heterocycles. The number of hydrogen-bond acceptors (Lipinski definition) is 8. The van der Waals surface area contributed by atoms with Crippen molar-refractivity contribution in [3.05, 3.63) is 124 Å². The molecule has 1 unspecified atom stereocenters. The predicted molar refractivity (Wildman–Crippen MR) is 180 cm³/mol. The molecule has 2 aliphatic carbocycles. The summed E-state index contributed by atoms with van der Waals surface area (Å²) in [5, 5.41) is 10.1. The summed E-state index contributed by atoms with van der Waals surface area (Å²) in [7, 11) is 0. The van der Waals surface area contributed by atoms with Crippen LogP contribution in [0.1, 0.15) is 80.5 Å². The Morgan fingerprint density at radius 1 is 0.673 bits per heavy atom. The number of aryl methyl sites for hydroxylation is 1. The van der Waals surface area contributed by atoms with Crippen molar-refractivity contribution >= 4 is 23.4 Å². The minimum absolute atomic E-state index is 0.163. The van der Waals surface area contributed by atoms with Crippen LogP contribution in [0.4, 0.5) is 0 Å². The molecule has 9 heteroatoms. The van der Waals surface area contributed by atoms with Gasteiger partial charge in [0.25, 0.3) is 11.8 Å². The Bertz CT molecular complexity index is 1890. The minimum atomic E-state index is -0.902. The van der Waals surface area contributed by atoms with E-state index >= 15 is 0 Å². The fourth-order valence-corrected chi connectivity index (χ4v) is 7.33. The summed E-state index contributed by atoms with van der Waals surface area (Å²) >= 11 is 0. The maximum atomic E-state index is 13.0. The van der Waals surface area contributed by atoms with E-state index < -0.39 is 23.6 Å². The molecular weight excluding hydrogens is 622 g/mol. The number of imide groups is 1. The van der Waals surface area contributed by atoms with Crippen LogP contribution in [0.2, 0.25) is 0 Å². The molecular formula is C40H37NO8. The van der Waals surface area contributed by atoms with Gasteiger partial charge in [-0.05, 0) is 89.9 Å². The van der Waals surface area contributed by atoms with Crippen molar-refractivity contribution in [2.45, 2.75) is 50.0 Å². The van der Waals surface area contributed by atoms with Gasteiger partial charge in [0.15, 0.2) is 5.78 Å². The number of fused-ring (bicyclic) bond motifs is 2. The van der Waals surface area contributed by atoms with Crippen molar-refractivity contribution in [3.8, 4) is 17.2 Å². The molecule has 0 bridgehead atoms. The summed E-state index contributed by atoms with van der Waals surface area (Å²) in [4.78, 5) is 50.9. The average molecular weight is 660 g/mol. The number of ketones is 2. The third kappa shape index (κ3) is 6.71. The van der Waals surface area contributed by atoms with Gasteiger partial charge in [-0.2, -0.15) is 0 Å². The number of phenols is 1. The molecule has 1 saturated carbocycles. The Labute approximate surface area is 284 Å². The van der Waals surface area contributed by atoms with Crippen molar-refractivity contribution in [2.75, 3.05) is 26.4 Å². The fourth-order valence-electron chi connectivity index (χ4n) is 7.33. The summed E-state index contributed by atoms with van der Waals surface area (Å²) in [6.45, 7) is 1.23. The second-order valence-electron chi connectivity index (χ2n) is 12.7. The van der Waals surface area contributed by atoms with Crippen LogP contribution in [0.15, 0.2) is 91.0 Å². The summed E-state index contributed by atoms with van der Waals surface area (Å²) in [6, 6.07) is 28.3. The van der Waals surface area contributed by atoms with E-state index in [9.17, 15) is 24.3 Å². The molecule has 3 aliphatic rings. The van der Waals surface area contributed by atoms with Gasteiger partial charge in [-0.1, -0.05) is 48.5 Å². The highest BCUT2D eigenvalue weighted by Crippen LogP contribution is 2.47. The Kier molecular flexibility index (Phi) is 9.26. The third-order valence-electron chi connectivity index (χ3n) is 9.69. The van der Waals surface area contributed by atoms with Gasteiger partial charge in [-0.15, -0.1) is 0 Å². The number of benzene rings is 4. The molecule has 49 heavy (non-hydrogen) atoms. The molecule has 7 rings (SSSR count). The first kappa shape index (κ1) is 32.3. The smallest absolute Gasteiger partial charge is 0.262 e. The topological polar surface area (TPSA) is 119 Å². The zero-order valence-corrected chi connectivity index (χ0v) is 27.0. The number of rotatable bonds is 11. The lowest BCUT2D eigenvalue weighted by atomic mass is 9.69. The highest BCUT2D eigenvalue weighted by Gasteiger charge is 2.44. The van der Waals surface area contributed by atoms with Gasteiger partial charge in [-0.25, -0.2) is 0 Å². The van der Waals surface area contributed by atoms with E-state index in [2.05, 4.69) is 42.5 Å². The molecule has 2 amide bonds. The van der Waals surface area contributed by atoms with Crippen molar-refractivity contribution in [1.82, 2.24) is 4.90 Å². The van der Waals surface area contributed by atoms with Crippen molar-refractivity contribution in [1.29, 1.82) is 0 Å². The molecule has 250 valence electrons. The van der Waals surface area contributed by atoms with Crippen LogP contribution < -0.4 is 9.47 Å². The number of phenolic OH excluding ortho intramolecular Hbond substituents is 1. The van der Waals surface area contributed by atoms with Crippen molar-refractivity contribution in [2.24, 2.45) is 0 Å². The van der Waals surface area contributed by atoms with Crippen LogP contribution in [0.3, 0.4) is 0 Å². The maximum Gasteiger partial charge on any atom is 0.262 e. The van der Waals surface area contributed by atoms with Crippen LogP contribution in [0, 0.1) is 0 Å². The molecule has 1 fully saturated rings. The van der Waals surface area contributed by atoms with Gasteiger partial charge in [0.2, 0.25) is 0 Å². The standard InChI is InChI=1S/C40H37NO8/c42-28-9-15-33-27(22-28)8-14-32(25-4-2-1-3-5-25)38(33)26-6-11-30(12-7-26)48-20-18-47-19-21-49-31-13-16-34-35(24-31)40(46)41(39(34)45)36-17-10-29(43)23-37(36)44/h1-7,9,11-13,15-16,22,24,32,36,38,42H,8,10,14,17-21,23H2/t32-,36?,38+/m0/s1. The van der Waals surface area contributed by atoms with Gasteiger partial charge >= 0.3 is 0 Å². The van der Waals surface area contributed by atoms with E-state index in [1.165, 1.54) is 34.4 Å². The van der Waals surface area contributed by atoms with E-state index in [4.69, 9.17) is 14.2 Å². The SMILES string of the molecule is O=C1CCC(N2C(=O)c3ccc(OCCOCCOc4ccc([C@H]5c6ccc(O)cc6CC[C@H]5c5ccccc5)cc4)cc3C2=O)C(=O)C1. The number of aromatic hydroxyl groups is 1. The number of Topliss-reactive ketones (excluding diaryl/α,β-unsaturated/α-hetero) is 2. The molecule has 3 atom stereocenters. The van der Waals surface area contributed by atoms with E-state index in [1.807, 2.05) is 24.3 Å². The minimum Gasteiger partial charge on any atom is -0.508 e. The predicted octanol–water partition coefficient (Wildman–Crippen LogP) is 6.02. The number of nitrogens with zero attached hydrogens (tertiary/aromatic N) is 1. The van der Waals surface area contributed by atoms with Crippen LogP contribution in [0.25, 0.3) is 0 Å². The molecule has 0 aromatic heterocycles. The summed E-state index contributed by atoms with van der Waals surface area (Å²) < 4.78 is 17.4. The Balaban J connectivity index is 0.889. The zero-order chi connectivity index (χ0) is 33.9. The molecule has 1 aliphatic heterocycles. The van der Waals surface area contributed by atoms with Crippen molar-refractivity contribution < 1.29 is 38.5 Å². The van der Waals surface area contributed by atoms with Crippen LogP contribution in [-0.2, 0) is 20.7 Å². The first-order valence-corrected chi connectivity index (χ1v) is 16.7. The monoisotopic (exact) mass is 659 g/mol. The molecule has 0 radical (unpaired) electrons. The number of ether oxygens (including phenoxy) is 3. The summed E-state index contributed by atoms with van der Waals surface area (Å²) in [5.41, 5.74) is 5.37. The van der Waals surface area contributed by atoms with Gasteiger partial charge in [0.05, 0.1) is 36.8 Å². The normalized spacial score (nSPS) is 20.2. The summed E-state index contributed by atoms with van der Waals surface area (Å²) in [6.07, 6.45) is 2.01. The maximum absolute atomic E-state index is 13.0. The summed E-state index contributed by atoms with van der Waals surface area (Å²) in [5.74, 6) is 0.328. The molecule has 9 nitrogen and oxygen atoms in total. The largest absolute Gasteiger partial charge is 0.508 e. The molecule has 4 aromatic rings. The first-order valence-electron chi connectivity index (χ1n) is 16.7. The van der Waals surface area contributed by atoms with Crippen molar-refractivity contribution in [3.63, 3.8) is 0 Å².